The highest BCUT2D eigenvalue weighted by molar-refractivity contribution is 9.11. The van der Waals surface area contributed by atoms with Crippen molar-refractivity contribution in [2.75, 3.05) is 98.2 Å². The third-order valence-corrected chi connectivity index (χ3v) is 32.0. The Labute approximate surface area is 827 Å². The van der Waals surface area contributed by atoms with E-state index in [1.807, 2.05) is 271 Å². The third-order valence-electron chi connectivity index (χ3n) is 25.7. The smallest absolute Gasteiger partial charge is 0.317 e. The minimum Gasteiger partial charge on any atom is -0.361 e. The molecule has 0 radical (unpaired) electrons. The van der Waals surface area contributed by atoms with Crippen molar-refractivity contribution in [2.24, 2.45) is 0 Å². The number of hydrogen-bond donors (Lipinski definition) is 6. The molecule has 12 amide bonds. The number of H-pyrrole nitrogens is 3. The summed E-state index contributed by atoms with van der Waals surface area (Å²) < 4.78 is -0.574. The average Bonchev–Trinajstić information content (AvgIpc) is 1.57. The average molecular weight is 2090 g/mol. The van der Waals surface area contributed by atoms with Crippen LogP contribution < -0.4 is 16.0 Å². The van der Waals surface area contributed by atoms with Gasteiger partial charge < -0.3 is 75.0 Å². The molecule has 0 unspecified atom stereocenters. The second-order valence-corrected chi connectivity index (χ2v) is 42.4. The quantitative estimate of drug-likeness (QED) is 0.0392. The van der Waals surface area contributed by atoms with Gasteiger partial charge in [-0.05, 0) is 167 Å². The zero-order valence-corrected chi connectivity index (χ0v) is 84.0. The molecule has 134 heavy (non-hydrogen) atoms. The Bertz CT molecular complexity index is 6060. The molecule has 6 N–H and O–H groups in total. The number of carbonyl (C=O) groups excluding carboxylic acids is 9. The van der Waals surface area contributed by atoms with Gasteiger partial charge in [0.15, 0.2) is 0 Å². The molecule has 12 aromatic rings. The number of nitrogens with zero attached hydrogens (tertiary/aromatic N) is 9. The van der Waals surface area contributed by atoms with Crippen LogP contribution in [0.25, 0.3) is 32.7 Å². The van der Waals surface area contributed by atoms with E-state index in [0.29, 0.717) is 128 Å². The number of hydrogen-bond acceptors (Lipinski definition) is 12. The van der Waals surface area contributed by atoms with Crippen molar-refractivity contribution < 1.29 is 43.2 Å². The molecule has 0 saturated carbocycles. The van der Waals surface area contributed by atoms with E-state index in [0.717, 1.165) is 111 Å². The van der Waals surface area contributed by atoms with Crippen molar-refractivity contribution in [1.29, 1.82) is 0 Å². The van der Waals surface area contributed by atoms with Crippen molar-refractivity contribution in [1.82, 2.24) is 75.0 Å². The van der Waals surface area contributed by atoms with Crippen LogP contribution in [0.1, 0.15) is 108 Å². The van der Waals surface area contributed by atoms with Crippen LogP contribution in [0.4, 0.5) is 14.4 Å². The fourth-order valence-electron chi connectivity index (χ4n) is 19.0. The number of benzene rings is 9. The van der Waals surface area contributed by atoms with Crippen LogP contribution in [-0.2, 0) is 48.4 Å². The molecule has 3 aromatic heterocycles. The standard InChI is InChI=1S/C35H38BrN5O3S.C34H35BrClN5O3S.C33H33BrClN5O3S/c1-4-37-34(44)40-17-15-39(16-18-40)33(43)35(45-27-12-5-23(2)6-13-27)20-31(42)41(22-25-8-10-26(36)11-9-25)32(35)29-21-38-30-19-24(3)7-14-28(29)30;1-3-37-33(44)40-16-14-39(15-17-40)32(43)34(45-26-11-4-22(2)5-12-26)19-30(42)41(21-23-6-8-24(35)9-7-23)31(34)28-20-38-29-18-25(36)10-13-27(28)29;1-2-36-32(43)39-16-14-38(15-17-39)31(42)33(44-25-6-4-3-5-7-25)19-29(41)40(21-22-8-10-23(34)11-9-22)30(33)27-20-37-28-18-24(35)12-13-26(27)28/h5-14,19,21,32,38H,4,15-18,20,22H2,1-3H3,(H,37,44);4-13,18,20,31,38H,3,14-17,19,21H2,1-2H3,(H,37,44);3-13,18,20,30,37H,2,14-17,19,21H2,1H3,(H,36,43)/t32-,35-;31-,34-;30-,33-/m000/s1. The van der Waals surface area contributed by atoms with E-state index >= 15 is 9.59 Å². The number of fused-ring (bicyclic) bond motifs is 3. The molecule has 0 aliphatic carbocycles. The first-order valence-electron chi connectivity index (χ1n) is 45.1. The summed E-state index contributed by atoms with van der Waals surface area (Å²) in [6.45, 7) is 19.5. The lowest BCUT2D eigenvalue weighted by molar-refractivity contribution is -0.136. The molecule has 0 bridgehead atoms. The highest BCUT2D eigenvalue weighted by Gasteiger charge is 2.63. The first-order chi connectivity index (χ1) is 64.6. The second-order valence-electron chi connectivity index (χ2n) is 34.6. The van der Waals surface area contributed by atoms with Gasteiger partial charge in [0, 0.05) is 224 Å². The SMILES string of the molecule is CCNC(=O)N1CCN(C(=O)[C@]2(Sc3ccc(C)cc3)CC(=O)N(Cc3ccc(Br)cc3)[C@H]2c2c[nH]c3cc(C)ccc23)CC1.CCNC(=O)N1CCN(C(=O)[C@]2(Sc3ccc(C)cc3)CC(=O)N(Cc3ccc(Br)cc3)[C@H]2c2c[nH]c3cc(Cl)ccc23)CC1.CCNC(=O)N1CCN(C(=O)[C@]2(Sc3ccccc3)CC(=O)N(Cc3ccc(Br)cc3)[C@H]2c2c[nH]c3cc(Cl)ccc23)CC1. The van der Waals surface area contributed by atoms with Crippen LogP contribution in [-0.4, -0.2) is 225 Å². The molecule has 18 rings (SSSR count). The van der Waals surface area contributed by atoms with Crippen molar-refractivity contribution in [3.63, 3.8) is 0 Å². The maximum absolute atomic E-state index is 15.1. The summed E-state index contributed by atoms with van der Waals surface area (Å²) in [6.07, 6.45) is 5.97. The number of carbonyl (C=O) groups is 9. The molecule has 696 valence electrons. The summed E-state index contributed by atoms with van der Waals surface area (Å²) in [6, 6.07) is 65.5. The maximum Gasteiger partial charge on any atom is 0.317 e. The van der Waals surface area contributed by atoms with Crippen LogP contribution >= 0.6 is 106 Å². The summed E-state index contributed by atoms with van der Waals surface area (Å²) in [4.78, 5) is 155. The molecule has 9 heterocycles. The molecule has 6 atom stereocenters. The molecule has 9 aromatic carbocycles. The van der Waals surface area contributed by atoms with Gasteiger partial charge in [0.05, 0.1) is 37.4 Å². The predicted octanol–water partition coefficient (Wildman–Crippen LogP) is 19.7. The van der Waals surface area contributed by atoms with Gasteiger partial charge >= 0.3 is 18.1 Å². The summed E-state index contributed by atoms with van der Waals surface area (Å²) in [5, 5.41) is 12.6. The molecule has 6 aliphatic rings. The maximum atomic E-state index is 15.1. The highest BCUT2D eigenvalue weighted by atomic mass is 79.9. The number of halogens is 5. The number of nitrogens with one attached hydrogen (secondary N) is 6. The Kier molecular flexibility index (Phi) is 30.4. The van der Waals surface area contributed by atoms with Crippen LogP contribution in [0.5, 0.6) is 0 Å². The fraction of sp³-hybridized carbons (Fsp3) is 0.324. The zero-order valence-electron chi connectivity index (χ0n) is 75.3. The van der Waals surface area contributed by atoms with E-state index in [9.17, 15) is 33.6 Å². The van der Waals surface area contributed by atoms with Crippen LogP contribution in [0.15, 0.2) is 253 Å². The molecular weight excluding hydrogens is 1990 g/mol. The number of likely N-dealkylation sites (tertiary alicyclic amines) is 3. The molecule has 32 heteroatoms. The minimum absolute atomic E-state index is 0.0440. The molecular formula is C102H106Br3Cl2N15O9S3. The number of aromatic amines is 3. The predicted molar refractivity (Wildman–Crippen MR) is 542 cm³/mol. The van der Waals surface area contributed by atoms with Gasteiger partial charge in [0.25, 0.3) is 0 Å². The largest absolute Gasteiger partial charge is 0.361 e. The van der Waals surface area contributed by atoms with Crippen molar-refractivity contribution in [2.45, 2.75) is 127 Å². The topological polar surface area (TPSA) is 266 Å². The van der Waals surface area contributed by atoms with E-state index in [2.05, 4.69) is 104 Å². The van der Waals surface area contributed by atoms with Crippen molar-refractivity contribution >= 4 is 193 Å². The highest BCUT2D eigenvalue weighted by Crippen LogP contribution is 2.59. The number of amides is 12. The molecule has 24 nitrogen and oxygen atoms in total. The Hall–Kier alpha value is -10.7. The van der Waals surface area contributed by atoms with E-state index in [1.54, 1.807) is 14.7 Å². The fourth-order valence-corrected chi connectivity index (χ4v) is 24.6. The second kappa shape index (κ2) is 42.3. The number of piperazine rings is 3. The number of aryl methyl sites for hydroxylation is 3. The van der Waals surface area contributed by atoms with Crippen LogP contribution in [0.3, 0.4) is 0 Å². The van der Waals surface area contributed by atoms with Crippen molar-refractivity contribution in [3.05, 3.63) is 298 Å². The minimum atomic E-state index is -1.16. The number of thioether (sulfide) groups is 3. The van der Waals surface area contributed by atoms with E-state index in [-0.39, 0.29) is 72.8 Å². The molecule has 0 spiro atoms. The molecule has 6 fully saturated rings. The summed E-state index contributed by atoms with van der Waals surface area (Å²) in [5.74, 6) is -0.482. The van der Waals surface area contributed by atoms with Crippen LogP contribution in [0, 0.1) is 20.8 Å². The van der Waals surface area contributed by atoms with Crippen LogP contribution in [0.2, 0.25) is 10.0 Å². The Morgan fingerprint density at radius 2 is 0.619 bits per heavy atom. The van der Waals surface area contributed by atoms with Gasteiger partial charge in [-0.25, -0.2) is 14.4 Å². The lowest BCUT2D eigenvalue weighted by Crippen LogP contribution is -2.58. The summed E-state index contributed by atoms with van der Waals surface area (Å²) in [5.41, 5.74) is 11.7. The normalized spacial score (nSPS) is 20.3. The van der Waals surface area contributed by atoms with Gasteiger partial charge in [-0.2, -0.15) is 0 Å². The lowest BCUT2D eigenvalue weighted by Gasteiger charge is -2.42. The first-order valence-corrected chi connectivity index (χ1v) is 50.7. The van der Waals surface area contributed by atoms with E-state index < -0.39 is 32.4 Å². The summed E-state index contributed by atoms with van der Waals surface area (Å²) >= 11 is 27.7. The Morgan fingerprint density at radius 1 is 0.351 bits per heavy atom. The molecule has 6 aliphatic heterocycles. The van der Waals surface area contributed by atoms with Crippen molar-refractivity contribution in [3.8, 4) is 0 Å². The van der Waals surface area contributed by atoms with E-state index in [1.165, 1.54) is 35.3 Å². The first kappa shape index (κ1) is 96.4. The van der Waals surface area contributed by atoms with Gasteiger partial charge in [-0.3, -0.25) is 28.8 Å². The Balaban J connectivity index is 0.000000146. The third kappa shape index (κ3) is 20.8. The van der Waals surface area contributed by atoms with Gasteiger partial charge in [-0.1, -0.05) is 185 Å². The van der Waals surface area contributed by atoms with Gasteiger partial charge in [0.1, 0.15) is 14.2 Å². The number of rotatable bonds is 21. The van der Waals surface area contributed by atoms with E-state index in [4.69, 9.17) is 23.2 Å². The number of urea groups is 3. The molecule has 6 saturated heterocycles. The van der Waals surface area contributed by atoms with Gasteiger partial charge in [-0.15, -0.1) is 35.3 Å². The lowest BCUT2D eigenvalue weighted by atomic mass is 9.90. The summed E-state index contributed by atoms with van der Waals surface area (Å²) in [7, 11) is 0. The Morgan fingerprint density at radius 3 is 0.918 bits per heavy atom. The van der Waals surface area contributed by atoms with Gasteiger partial charge in [0.2, 0.25) is 35.4 Å². The zero-order chi connectivity index (χ0) is 94.3. The monoisotopic (exact) mass is 2090 g/mol. The number of aromatic nitrogens is 3.